The summed E-state index contributed by atoms with van der Waals surface area (Å²) < 4.78 is 5.32. The quantitative estimate of drug-likeness (QED) is 0.553. The first-order valence-electron chi connectivity index (χ1n) is 10.8. The summed E-state index contributed by atoms with van der Waals surface area (Å²) in [6, 6.07) is 8.55. The van der Waals surface area contributed by atoms with Crippen molar-refractivity contribution in [3.8, 4) is 5.75 Å². The van der Waals surface area contributed by atoms with E-state index in [2.05, 4.69) is 5.32 Å². The first-order valence-corrected chi connectivity index (χ1v) is 10.8. The number of nitrogens with one attached hydrogen (secondary N) is 1. The second-order valence-corrected chi connectivity index (χ2v) is 8.66. The van der Waals surface area contributed by atoms with Crippen molar-refractivity contribution in [2.45, 2.75) is 52.1 Å². The van der Waals surface area contributed by atoms with Crippen molar-refractivity contribution in [3.05, 3.63) is 62.7 Å². The molecule has 4 rings (SSSR count). The number of amides is 2. The van der Waals surface area contributed by atoms with Gasteiger partial charge < -0.3 is 15.0 Å². The zero-order valence-electron chi connectivity index (χ0n) is 18.5. The molecular weight excluding hydrogens is 410 g/mol. The number of nitrogens with zero attached hydrogens (tertiary/aromatic N) is 2. The maximum Gasteiger partial charge on any atom is 0.270 e. The number of ether oxygens (including phenoxy) is 1. The number of methoxy groups -OCH3 is 1. The molecule has 1 aliphatic heterocycles. The highest BCUT2D eigenvalue weighted by Gasteiger charge is 2.37. The fourth-order valence-corrected chi connectivity index (χ4v) is 4.79. The van der Waals surface area contributed by atoms with E-state index < -0.39 is 4.92 Å². The molecule has 32 heavy (non-hydrogen) atoms. The van der Waals surface area contributed by atoms with Crippen LogP contribution < -0.4 is 10.1 Å². The van der Waals surface area contributed by atoms with Crippen LogP contribution in [0.15, 0.2) is 30.3 Å². The number of hydrogen-bond acceptors (Lipinski definition) is 5. The molecule has 0 atom stereocenters. The summed E-state index contributed by atoms with van der Waals surface area (Å²) >= 11 is 0. The molecule has 1 fully saturated rings. The molecule has 2 aliphatic rings. The SMILES string of the molecule is COc1cc(NC(=O)C2CCC(N3Cc4c(C)cc([N+](=O)[O-])cc4C3=O)CC2)ccc1C. The highest BCUT2D eigenvalue weighted by atomic mass is 16.6. The monoisotopic (exact) mass is 437 g/mol. The maximum atomic E-state index is 13.0. The number of fused-ring (bicyclic) bond motifs is 1. The van der Waals surface area contributed by atoms with Gasteiger partial charge in [0.25, 0.3) is 11.6 Å². The topological polar surface area (TPSA) is 102 Å². The van der Waals surface area contributed by atoms with Crippen LogP contribution in [0.25, 0.3) is 0 Å². The molecule has 0 radical (unpaired) electrons. The van der Waals surface area contributed by atoms with Gasteiger partial charge in [-0.15, -0.1) is 0 Å². The Morgan fingerprint density at radius 2 is 1.84 bits per heavy atom. The van der Waals surface area contributed by atoms with Gasteiger partial charge >= 0.3 is 0 Å². The number of carbonyl (C=O) groups excluding carboxylic acids is 2. The van der Waals surface area contributed by atoms with Crippen molar-refractivity contribution in [2.75, 3.05) is 12.4 Å². The van der Waals surface area contributed by atoms with Crippen LogP contribution in [-0.4, -0.2) is 34.8 Å². The summed E-state index contributed by atoms with van der Waals surface area (Å²) in [6.45, 7) is 4.23. The van der Waals surface area contributed by atoms with Crippen LogP contribution in [0.2, 0.25) is 0 Å². The summed E-state index contributed by atoms with van der Waals surface area (Å²) in [7, 11) is 1.60. The zero-order chi connectivity index (χ0) is 23.0. The number of anilines is 1. The lowest BCUT2D eigenvalue weighted by atomic mass is 9.84. The van der Waals surface area contributed by atoms with Gasteiger partial charge in [0.15, 0.2) is 0 Å². The molecule has 0 bridgehead atoms. The Balaban J connectivity index is 1.38. The maximum absolute atomic E-state index is 13.0. The van der Waals surface area contributed by atoms with Crippen molar-refractivity contribution in [1.82, 2.24) is 4.90 Å². The smallest absolute Gasteiger partial charge is 0.270 e. The molecule has 2 aromatic carbocycles. The van der Waals surface area contributed by atoms with Gasteiger partial charge in [-0.05, 0) is 62.3 Å². The van der Waals surface area contributed by atoms with Gasteiger partial charge in [0, 0.05) is 42.4 Å². The average Bonchev–Trinajstić information content (AvgIpc) is 3.12. The van der Waals surface area contributed by atoms with Gasteiger partial charge in [-0.2, -0.15) is 0 Å². The first kappa shape index (κ1) is 21.8. The minimum absolute atomic E-state index is 0.0168. The molecule has 1 N–H and O–H groups in total. The fourth-order valence-electron chi connectivity index (χ4n) is 4.79. The Hall–Kier alpha value is -3.42. The molecular formula is C24H27N3O5. The van der Waals surface area contributed by atoms with Crippen LogP contribution in [0.3, 0.4) is 0 Å². The third-order valence-corrected chi connectivity index (χ3v) is 6.67. The molecule has 8 heteroatoms. The zero-order valence-corrected chi connectivity index (χ0v) is 18.5. The van der Waals surface area contributed by atoms with E-state index in [1.807, 2.05) is 36.9 Å². The van der Waals surface area contributed by atoms with Crippen LogP contribution in [0.4, 0.5) is 11.4 Å². The van der Waals surface area contributed by atoms with E-state index in [1.165, 1.54) is 12.1 Å². The molecule has 0 spiro atoms. The predicted octanol–water partition coefficient (Wildman–Crippen LogP) is 4.37. The summed E-state index contributed by atoms with van der Waals surface area (Å²) in [5.74, 6) is 0.457. The molecule has 8 nitrogen and oxygen atoms in total. The molecule has 2 amide bonds. The molecule has 1 saturated carbocycles. The normalized spacial score (nSPS) is 20.1. The van der Waals surface area contributed by atoms with Gasteiger partial charge in [0.1, 0.15) is 5.75 Å². The number of nitro groups is 1. The number of nitro benzene ring substituents is 1. The van der Waals surface area contributed by atoms with Gasteiger partial charge in [0.05, 0.1) is 17.6 Å². The second-order valence-electron chi connectivity index (χ2n) is 8.66. The van der Waals surface area contributed by atoms with E-state index >= 15 is 0 Å². The Labute approximate surface area is 186 Å². The molecule has 1 aliphatic carbocycles. The number of aryl methyl sites for hydroxylation is 2. The van der Waals surface area contributed by atoms with Crippen molar-refractivity contribution >= 4 is 23.2 Å². The van der Waals surface area contributed by atoms with Gasteiger partial charge in [-0.25, -0.2) is 0 Å². The molecule has 0 unspecified atom stereocenters. The lowest BCUT2D eigenvalue weighted by molar-refractivity contribution is -0.384. The predicted molar refractivity (Wildman–Crippen MR) is 120 cm³/mol. The Kier molecular flexibility index (Phi) is 5.86. The van der Waals surface area contributed by atoms with Crippen LogP contribution in [0.1, 0.15) is 52.7 Å². The fraction of sp³-hybridized carbons (Fsp3) is 0.417. The second kappa shape index (κ2) is 8.61. The number of non-ortho nitro benzene ring substituents is 1. The van der Waals surface area contributed by atoms with Crippen LogP contribution in [0.5, 0.6) is 5.75 Å². The van der Waals surface area contributed by atoms with Gasteiger partial charge in [-0.1, -0.05) is 6.07 Å². The summed E-state index contributed by atoms with van der Waals surface area (Å²) in [5.41, 5.74) is 3.74. The minimum atomic E-state index is -0.462. The molecule has 2 aromatic rings. The highest BCUT2D eigenvalue weighted by molar-refractivity contribution is 5.99. The van der Waals surface area contributed by atoms with Crippen LogP contribution in [0, 0.1) is 29.9 Å². The summed E-state index contributed by atoms with van der Waals surface area (Å²) in [5, 5.41) is 14.1. The van der Waals surface area contributed by atoms with Crippen molar-refractivity contribution in [3.63, 3.8) is 0 Å². The molecule has 0 saturated heterocycles. The average molecular weight is 437 g/mol. The van der Waals surface area contributed by atoms with Gasteiger partial charge in [-0.3, -0.25) is 19.7 Å². The summed E-state index contributed by atoms with van der Waals surface area (Å²) in [6.07, 6.45) is 2.85. The number of hydrogen-bond donors (Lipinski definition) is 1. The summed E-state index contributed by atoms with van der Waals surface area (Å²) in [4.78, 5) is 38.3. The van der Waals surface area contributed by atoms with E-state index in [9.17, 15) is 19.7 Å². The molecule has 168 valence electrons. The largest absolute Gasteiger partial charge is 0.496 e. The minimum Gasteiger partial charge on any atom is -0.496 e. The van der Waals surface area contributed by atoms with E-state index in [4.69, 9.17) is 4.74 Å². The van der Waals surface area contributed by atoms with E-state index in [0.717, 1.165) is 35.3 Å². The van der Waals surface area contributed by atoms with Crippen molar-refractivity contribution in [2.24, 2.45) is 5.92 Å². The van der Waals surface area contributed by atoms with E-state index in [1.54, 1.807) is 7.11 Å². The Bertz CT molecular complexity index is 1090. The van der Waals surface area contributed by atoms with Gasteiger partial charge in [0.2, 0.25) is 5.91 Å². The lowest BCUT2D eigenvalue weighted by Crippen LogP contribution is -2.40. The lowest BCUT2D eigenvalue weighted by Gasteiger charge is -2.34. The highest BCUT2D eigenvalue weighted by Crippen LogP contribution is 2.36. The van der Waals surface area contributed by atoms with Crippen LogP contribution in [-0.2, 0) is 11.3 Å². The van der Waals surface area contributed by atoms with Crippen LogP contribution >= 0.6 is 0 Å². The van der Waals surface area contributed by atoms with E-state index in [-0.39, 0.29) is 29.5 Å². The Morgan fingerprint density at radius 1 is 1.12 bits per heavy atom. The number of benzene rings is 2. The number of carbonyl (C=O) groups is 2. The van der Waals surface area contributed by atoms with E-state index in [0.29, 0.717) is 30.6 Å². The number of rotatable bonds is 5. The Morgan fingerprint density at radius 3 is 2.50 bits per heavy atom. The third kappa shape index (κ3) is 4.04. The third-order valence-electron chi connectivity index (χ3n) is 6.67. The first-order chi connectivity index (χ1) is 15.3. The molecule has 1 heterocycles. The standard InChI is InChI=1S/C24H27N3O5/c1-14-4-7-17(11-22(14)32-3)25-23(28)16-5-8-18(9-6-16)26-13-21-15(2)10-19(27(30)31)12-20(21)24(26)29/h4,7,10-12,16,18H,5-6,8-9,13H2,1-3H3,(H,25,28). The van der Waals surface area contributed by atoms with Crippen molar-refractivity contribution < 1.29 is 19.2 Å². The van der Waals surface area contributed by atoms with Crippen molar-refractivity contribution in [1.29, 1.82) is 0 Å². The molecule has 0 aromatic heterocycles.